The number of pyridine rings is 2. The van der Waals surface area contributed by atoms with Crippen LogP contribution >= 0.6 is 0 Å². The second-order valence-corrected chi connectivity index (χ2v) is 10.9. The zero-order valence-electron chi connectivity index (χ0n) is 22.3. The normalized spacial score (nSPS) is 22.2. The second kappa shape index (κ2) is 10.1. The van der Waals surface area contributed by atoms with E-state index in [1.807, 2.05) is 24.3 Å². The maximum Gasteiger partial charge on any atom is 0.215 e. The van der Waals surface area contributed by atoms with Gasteiger partial charge in [-0.3, -0.25) is 4.90 Å². The van der Waals surface area contributed by atoms with Crippen LogP contribution in [0.3, 0.4) is 0 Å². The Labute approximate surface area is 233 Å². The van der Waals surface area contributed by atoms with Gasteiger partial charge >= 0.3 is 0 Å². The first-order valence-corrected chi connectivity index (χ1v) is 13.9. The summed E-state index contributed by atoms with van der Waals surface area (Å²) in [5.41, 5.74) is 3.80. The predicted molar refractivity (Wildman–Crippen MR) is 153 cm³/mol. The third-order valence-electron chi connectivity index (χ3n) is 8.75. The number of terminal acetylenes is 1. The molecule has 7 rings (SSSR count). The highest BCUT2D eigenvalue weighted by Gasteiger charge is 2.47. The predicted octanol–water partition coefficient (Wildman–Crippen LogP) is 5.07. The molecule has 1 aromatic carbocycles. The number of rotatable bonds is 6. The van der Waals surface area contributed by atoms with Crippen molar-refractivity contribution in [1.82, 2.24) is 24.4 Å². The van der Waals surface area contributed by atoms with Crippen LogP contribution in [0, 0.1) is 30.0 Å². The zero-order chi connectivity index (χ0) is 27.2. The van der Waals surface area contributed by atoms with E-state index in [0.29, 0.717) is 34.9 Å². The Kier molecular flexibility index (Phi) is 6.24. The molecule has 1 saturated carbocycles. The monoisotopic (exact) mass is 534 g/mol. The average molecular weight is 535 g/mol. The number of benzene rings is 1. The van der Waals surface area contributed by atoms with E-state index in [1.165, 1.54) is 18.9 Å². The largest absolute Gasteiger partial charge is 0.473 e. The van der Waals surface area contributed by atoms with Crippen LogP contribution in [0.2, 0.25) is 0 Å². The third kappa shape index (κ3) is 4.31. The van der Waals surface area contributed by atoms with Gasteiger partial charge in [0.25, 0.3) is 0 Å². The van der Waals surface area contributed by atoms with Gasteiger partial charge in [0.1, 0.15) is 29.6 Å². The molecule has 3 atom stereocenters. The first-order chi connectivity index (χ1) is 19.6. The number of anilines is 1. The van der Waals surface area contributed by atoms with Crippen molar-refractivity contribution in [3.05, 3.63) is 83.6 Å². The third-order valence-corrected chi connectivity index (χ3v) is 8.75. The second-order valence-electron chi connectivity index (χ2n) is 10.9. The summed E-state index contributed by atoms with van der Waals surface area (Å²) in [4.78, 5) is 19.6. The summed E-state index contributed by atoms with van der Waals surface area (Å²) in [5.74, 6) is 5.93. The number of fused-ring (bicyclic) bond motifs is 4. The molecule has 202 valence electrons. The highest BCUT2D eigenvalue weighted by molar-refractivity contribution is 5.73. The summed E-state index contributed by atoms with van der Waals surface area (Å²) >= 11 is 0. The molecular formula is C32H31FN6O. The molecule has 3 aromatic heterocycles. The fraction of sp³-hybridized carbons (Fsp3) is 0.344. The van der Waals surface area contributed by atoms with Gasteiger partial charge in [0.05, 0.1) is 11.7 Å². The first-order valence-electron chi connectivity index (χ1n) is 13.9. The summed E-state index contributed by atoms with van der Waals surface area (Å²) in [5, 5.41) is 0. The number of aromatic nitrogens is 4. The Morgan fingerprint density at radius 3 is 2.67 bits per heavy atom. The fourth-order valence-electron chi connectivity index (χ4n) is 6.45. The summed E-state index contributed by atoms with van der Waals surface area (Å²) in [6, 6.07) is 14.9. The lowest BCUT2D eigenvalue weighted by atomic mass is 9.67. The van der Waals surface area contributed by atoms with Gasteiger partial charge in [0.2, 0.25) is 5.88 Å². The van der Waals surface area contributed by atoms with Gasteiger partial charge in [-0.05, 0) is 61.1 Å². The lowest BCUT2D eigenvalue weighted by Gasteiger charge is -2.51. The number of nitrogens with zero attached hydrogens (tertiary/aromatic N) is 6. The van der Waals surface area contributed by atoms with Crippen LogP contribution in [0.5, 0.6) is 5.88 Å². The number of hydrogen-bond donors (Lipinski definition) is 0. The van der Waals surface area contributed by atoms with E-state index in [1.54, 1.807) is 18.2 Å². The smallest absolute Gasteiger partial charge is 0.215 e. The Bertz CT molecular complexity index is 1630. The minimum atomic E-state index is -0.371. The van der Waals surface area contributed by atoms with Crippen LogP contribution in [0.25, 0.3) is 17.2 Å². The van der Waals surface area contributed by atoms with Crippen molar-refractivity contribution < 1.29 is 9.13 Å². The van der Waals surface area contributed by atoms with Gasteiger partial charge in [-0.25, -0.2) is 14.4 Å². The number of imidazole rings is 1. The summed E-state index contributed by atoms with van der Waals surface area (Å²) in [7, 11) is 0. The lowest BCUT2D eigenvalue weighted by Crippen LogP contribution is -2.53. The van der Waals surface area contributed by atoms with Crippen LogP contribution in [0.15, 0.2) is 55.1 Å². The van der Waals surface area contributed by atoms with E-state index in [2.05, 4.69) is 32.9 Å². The zero-order valence-corrected chi connectivity index (χ0v) is 22.3. The van der Waals surface area contributed by atoms with E-state index >= 15 is 0 Å². The molecule has 5 heterocycles. The Morgan fingerprint density at radius 2 is 1.93 bits per heavy atom. The maximum atomic E-state index is 14.3. The molecule has 2 fully saturated rings. The van der Waals surface area contributed by atoms with Gasteiger partial charge in [-0.2, -0.15) is 4.98 Å². The number of ether oxygens (including phenoxy) is 1. The van der Waals surface area contributed by atoms with E-state index in [-0.39, 0.29) is 12.4 Å². The number of hydrogen-bond acceptors (Lipinski definition) is 6. The molecule has 0 bridgehead atoms. The van der Waals surface area contributed by atoms with Gasteiger partial charge < -0.3 is 14.2 Å². The van der Waals surface area contributed by atoms with Crippen LogP contribution in [-0.4, -0.2) is 50.6 Å². The molecule has 0 radical (unpaired) electrons. The van der Waals surface area contributed by atoms with E-state index in [9.17, 15) is 4.39 Å². The molecular weight excluding hydrogens is 503 g/mol. The van der Waals surface area contributed by atoms with Gasteiger partial charge in [-0.15, -0.1) is 6.42 Å². The summed E-state index contributed by atoms with van der Waals surface area (Å²) < 4.78 is 22.5. The molecule has 40 heavy (non-hydrogen) atoms. The molecule has 1 saturated heterocycles. The topological polar surface area (TPSA) is 59.3 Å². The summed E-state index contributed by atoms with van der Waals surface area (Å²) in [6.45, 7) is 8.59. The van der Waals surface area contributed by atoms with Gasteiger partial charge in [0, 0.05) is 49.9 Å². The lowest BCUT2D eigenvalue weighted by molar-refractivity contribution is 0.00381. The van der Waals surface area contributed by atoms with Crippen molar-refractivity contribution in [3.8, 4) is 18.2 Å². The Balaban J connectivity index is 1.05. The van der Waals surface area contributed by atoms with Crippen molar-refractivity contribution in [3.63, 3.8) is 0 Å². The standard InChI is InChI=1S/C32H31FN6O/c1-3-21-8-9-23(26(33)18-21)20-40-29-7-5-6-28(36-29)37-14-16-38(17-15-37)30-25-12-10-22(25)19-39-31-27(35-32(30)39)13-11-24(4-2)34-31/h1,4-9,11,13,18,22,25,30H,2,10,12,14-17,19-20H2. The van der Waals surface area contributed by atoms with Crippen molar-refractivity contribution in [2.45, 2.75) is 32.0 Å². The van der Waals surface area contributed by atoms with Crippen LogP contribution < -0.4 is 9.64 Å². The van der Waals surface area contributed by atoms with E-state index in [0.717, 1.165) is 61.2 Å². The SMILES string of the molecule is C#Cc1ccc(COc2cccc(N3CCN(C4c5nc6ccc(C=C)nc6n5CC5CCC54)CC3)n2)c(F)c1. The van der Waals surface area contributed by atoms with Crippen LogP contribution in [0.4, 0.5) is 10.2 Å². The first kappa shape index (κ1) is 24.8. The van der Waals surface area contributed by atoms with Crippen LogP contribution in [0.1, 0.15) is 41.5 Å². The fourth-order valence-corrected chi connectivity index (χ4v) is 6.45. The average Bonchev–Trinajstić information content (AvgIpc) is 3.34. The van der Waals surface area contributed by atoms with Crippen LogP contribution in [-0.2, 0) is 13.2 Å². The summed E-state index contributed by atoms with van der Waals surface area (Å²) in [6.07, 6.45) is 9.69. The van der Waals surface area contributed by atoms with Gasteiger partial charge in [-0.1, -0.05) is 24.6 Å². The van der Waals surface area contributed by atoms with E-state index in [4.69, 9.17) is 26.1 Å². The molecule has 3 unspecified atom stereocenters. The molecule has 0 amide bonds. The van der Waals surface area contributed by atoms with Gasteiger partial charge in [0.15, 0.2) is 5.65 Å². The highest BCUT2D eigenvalue weighted by Crippen LogP contribution is 2.50. The van der Waals surface area contributed by atoms with E-state index < -0.39 is 0 Å². The molecule has 1 aliphatic carbocycles. The molecule has 4 aromatic rings. The molecule has 0 N–H and O–H groups in total. The van der Waals surface area contributed by atoms with Crippen molar-refractivity contribution in [2.24, 2.45) is 11.8 Å². The van der Waals surface area contributed by atoms with Crippen molar-refractivity contribution >= 4 is 23.1 Å². The van der Waals surface area contributed by atoms with Crippen molar-refractivity contribution in [1.29, 1.82) is 0 Å². The molecule has 3 aliphatic rings. The van der Waals surface area contributed by atoms with Crippen molar-refractivity contribution in [2.75, 3.05) is 31.1 Å². The molecule has 7 nitrogen and oxygen atoms in total. The molecule has 8 heteroatoms. The maximum absolute atomic E-state index is 14.3. The molecule has 0 spiro atoms. The molecule has 2 aliphatic heterocycles. The Morgan fingerprint density at radius 1 is 1.05 bits per heavy atom. The number of halogens is 1. The minimum absolute atomic E-state index is 0.0926. The Hall–Kier alpha value is -4.22. The minimum Gasteiger partial charge on any atom is -0.473 e. The highest BCUT2D eigenvalue weighted by atomic mass is 19.1. The quantitative estimate of drug-likeness (QED) is 0.322. The number of piperazine rings is 1.